The summed E-state index contributed by atoms with van der Waals surface area (Å²) in [5.41, 5.74) is 2.22. The minimum absolute atomic E-state index is 0.0797. The average molecular weight is 503 g/mol. The number of anilines is 2. The molecule has 0 bridgehead atoms. The van der Waals surface area contributed by atoms with E-state index in [1.54, 1.807) is 6.07 Å². The smallest absolute Gasteiger partial charge is 0.258 e. The van der Waals surface area contributed by atoms with Crippen LogP contribution in [0.15, 0.2) is 48.5 Å². The number of rotatable bonds is 9. The number of aromatic nitrogens is 4. The molecular formula is C28H34N6O3. The van der Waals surface area contributed by atoms with E-state index in [9.17, 15) is 4.79 Å². The summed E-state index contributed by atoms with van der Waals surface area (Å²) in [7, 11) is 0. The largest absolute Gasteiger partial charge is 0.494 e. The van der Waals surface area contributed by atoms with Gasteiger partial charge in [-0.05, 0) is 63.9 Å². The lowest BCUT2D eigenvalue weighted by Gasteiger charge is -2.20. The average Bonchev–Trinajstić information content (AvgIpc) is 3.31. The molecule has 2 aromatic heterocycles. The van der Waals surface area contributed by atoms with Crippen molar-refractivity contribution in [1.82, 2.24) is 25.5 Å². The summed E-state index contributed by atoms with van der Waals surface area (Å²) in [4.78, 5) is 21.8. The van der Waals surface area contributed by atoms with Gasteiger partial charge in [-0.25, -0.2) is 9.97 Å². The van der Waals surface area contributed by atoms with Crippen molar-refractivity contribution in [2.75, 3.05) is 18.5 Å². The zero-order valence-corrected chi connectivity index (χ0v) is 22.2. The van der Waals surface area contributed by atoms with Crippen molar-refractivity contribution in [3.8, 4) is 22.9 Å². The van der Waals surface area contributed by atoms with Crippen molar-refractivity contribution in [3.63, 3.8) is 0 Å². The molecule has 0 aliphatic carbocycles. The number of aromatic amines is 1. The molecule has 0 radical (unpaired) electrons. The third-order valence-electron chi connectivity index (χ3n) is 5.42. The van der Waals surface area contributed by atoms with Crippen molar-refractivity contribution in [2.45, 2.75) is 53.0 Å². The topological polar surface area (TPSA) is 114 Å². The van der Waals surface area contributed by atoms with Crippen LogP contribution in [0.4, 0.5) is 11.6 Å². The first-order valence-corrected chi connectivity index (χ1v) is 12.4. The van der Waals surface area contributed by atoms with Crippen LogP contribution in [0, 0.1) is 0 Å². The van der Waals surface area contributed by atoms with E-state index in [1.807, 2.05) is 70.2 Å². The molecule has 0 spiro atoms. The highest BCUT2D eigenvalue weighted by atomic mass is 16.5. The molecule has 37 heavy (non-hydrogen) atoms. The fraction of sp³-hybridized carbons (Fsp3) is 0.357. The standard InChI is InChI=1S/C28H34N6O3/c1-7-36-20-11-12-22-21(14-20)27(30-24-15-23(17(2)3)33-34-24)31-26(29-22)18-9-8-10-19(13-18)37-16-25(35)32-28(4,5)6/h8-15,17H,7,16H2,1-6H3,(H,32,35)(H2,29,30,31,33,34). The number of amides is 1. The normalized spacial score (nSPS) is 11.5. The summed E-state index contributed by atoms with van der Waals surface area (Å²) in [5.74, 6) is 3.22. The molecule has 9 heteroatoms. The van der Waals surface area contributed by atoms with Gasteiger partial charge in [0.1, 0.15) is 17.3 Å². The third kappa shape index (κ3) is 6.75. The SMILES string of the molecule is CCOc1ccc2nc(-c3cccc(OCC(=O)NC(C)(C)C)c3)nc(Nc3cc(C(C)C)[nH]n3)c2c1. The molecule has 4 rings (SSSR count). The molecule has 0 saturated carbocycles. The summed E-state index contributed by atoms with van der Waals surface area (Å²) >= 11 is 0. The highest BCUT2D eigenvalue weighted by molar-refractivity contribution is 5.93. The van der Waals surface area contributed by atoms with Gasteiger partial charge in [0.05, 0.1) is 12.1 Å². The summed E-state index contributed by atoms with van der Waals surface area (Å²) in [6.45, 7) is 12.4. The predicted molar refractivity (Wildman–Crippen MR) is 145 cm³/mol. The van der Waals surface area contributed by atoms with E-state index in [0.717, 1.165) is 27.9 Å². The third-order valence-corrected chi connectivity index (χ3v) is 5.42. The highest BCUT2D eigenvalue weighted by Gasteiger charge is 2.16. The van der Waals surface area contributed by atoms with Crippen LogP contribution >= 0.6 is 0 Å². The molecule has 0 fully saturated rings. The molecule has 194 valence electrons. The summed E-state index contributed by atoms with van der Waals surface area (Å²) in [5, 5.41) is 14.5. The zero-order chi connectivity index (χ0) is 26.6. The van der Waals surface area contributed by atoms with Gasteiger partial charge in [-0.3, -0.25) is 9.89 Å². The lowest BCUT2D eigenvalue weighted by Crippen LogP contribution is -2.43. The number of nitrogens with one attached hydrogen (secondary N) is 3. The van der Waals surface area contributed by atoms with Crippen LogP contribution in [0.25, 0.3) is 22.3 Å². The van der Waals surface area contributed by atoms with E-state index >= 15 is 0 Å². The predicted octanol–water partition coefficient (Wildman–Crippen LogP) is 5.58. The number of carbonyl (C=O) groups is 1. The maximum atomic E-state index is 12.2. The summed E-state index contributed by atoms with van der Waals surface area (Å²) in [6.07, 6.45) is 0. The molecule has 0 saturated heterocycles. The van der Waals surface area contributed by atoms with E-state index in [0.29, 0.717) is 35.7 Å². The first-order chi connectivity index (χ1) is 17.6. The first-order valence-electron chi connectivity index (χ1n) is 12.4. The maximum absolute atomic E-state index is 12.2. The van der Waals surface area contributed by atoms with Gasteiger partial charge in [-0.1, -0.05) is 26.0 Å². The van der Waals surface area contributed by atoms with E-state index in [1.165, 1.54) is 0 Å². The van der Waals surface area contributed by atoms with Gasteiger partial charge in [-0.15, -0.1) is 0 Å². The first kappa shape index (κ1) is 25.9. The van der Waals surface area contributed by atoms with E-state index in [-0.39, 0.29) is 18.1 Å². The Hall–Kier alpha value is -4.14. The molecule has 0 unspecified atom stereocenters. The molecule has 0 aliphatic heterocycles. The number of hydrogen-bond acceptors (Lipinski definition) is 7. The van der Waals surface area contributed by atoms with Gasteiger partial charge in [0, 0.05) is 28.2 Å². The number of H-pyrrole nitrogens is 1. The number of hydrogen-bond donors (Lipinski definition) is 3. The monoisotopic (exact) mass is 502 g/mol. The second-order valence-electron chi connectivity index (χ2n) is 10.1. The molecule has 4 aromatic rings. The second kappa shape index (κ2) is 10.9. The summed E-state index contributed by atoms with van der Waals surface area (Å²) in [6, 6.07) is 15.1. The number of fused-ring (bicyclic) bond motifs is 1. The summed E-state index contributed by atoms with van der Waals surface area (Å²) < 4.78 is 11.5. The van der Waals surface area contributed by atoms with Crippen molar-refractivity contribution < 1.29 is 14.3 Å². The number of benzene rings is 2. The molecule has 9 nitrogen and oxygen atoms in total. The minimum atomic E-state index is -0.323. The van der Waals surface area contributed by atoms with Crippen LogP contribution in [-0.4, -0.2) is 44.8 Å². The Bertz CT molecular complexity index is 1390. The molecule has 2 heterocycles. The van der Waals surface area contributed by atoms with Crippen LogP contribution in [0.5, 0.6) is 11.5 Å². The van der Waals surface area contributed by atoms with Crippen LogP contribution in [0.3, 0.4) is 0 Å². The van der Waals surface area contributed by atoms with Crippen LogP contribution < -0.4 is 20.1 Å². The van der Waals surface area contributed by atoms with Gasteiger partial charge in [0.15, 0.2) is 18.2 Å². The fourth-order valence-electron chi connectivity index (χ4n) is 3.73. The van der Waals surface area contributed by atoms with E-state index in [2.05, 4.69) is 34.7 Å². The fourth-order valence-corrected chi connectivity index (χ4v) is 3.73. The van der Waals surface area contributed by atoms with Crippen molar-refractivity contribution in [1.29, 1.82) is 0 Å². The zero-order valence-electron chi connectivity index (χ0n) is 22.2. The highest BCUT2D eigenvalue weighted by Crippen LogP contribution is 2.31. The second-order valence-corrected chi connectivity index (χ2v) is 10.1. The lowest BCUT2D eigenvalue weighted by atomic mass is 10.1. The number of carbonyl (C=O) groups excluding carboxylic acids is 1. The lowest BCUT2D eigenvalue weighted by molar-refractivity contribution is -0.124. The van der Waals surface area contributed by atoms with E-state index in [4.69, 9.17) is 19.4 Å². The van der Waals surface area contributed by atoms with Gasteiger partial charge in [0.2, 0.25) is 0 Å². The maximum Gasteiger partial charge on any atom is 0.258 e. The van der Waals surface area contributed by atoms with Crippen molar-refractivity contribution in [3.05, 3.63) is 54.2 Å². The molecule has 1 amide bonds. The van der Waals surface area contributed by atoms with Gasteiger partial charge in [0.25, 0.3) is 5.91 Å². The number of ether oxygens (including phenoxy) is 2. The van der Waals surface area contributed by atoms with Crippen LogP contribution in [0.1, 0.15) is 53.2 Å². The Balaban J connectivity index is 1.67. The van der Waals surface area contributed by atoms with Crippen LogP contribution in [0.2, 0.25) is 0 Å². The Morgan fingerprint density at radius 2 is 1.81 bits per heavy atom. The molecule has 2 aromatic carbocycles. The van der Waals surface area contributed by atoms with Gasteiger partial charge in [-0.2, -0.15) is 5.10 Å². The van der Waals surface area contributed by atoms with Crippen molar-refractivity contribution >= 4 is 28.4 Å². The number of nitrogens with zero attached hydrogens (tertiary/aromatic N) is 3. The minimum Gasteiger partial charge on any atom is -0.494 e. The van der Waals surface area contributed by atoms with Gasteiger partial charge < -0.3 is 20.1 Å². The Labute approximate surface area is 217 Å². The Morgan fingerprint density at radius 3 is 2.51 bits per heavy atom. The molecular weight excluding hydrogens is 468 g/mol. The van der Waals surface area contributed by atoms with Crippen molar-refractivity contribution in [2.24, 2.45) is 0 Å². The molecule has 3 N–H and O–H groups in total. The quantitative estimate of drug-likeness (QED) is 0.274. The molecule has 0 atom stereocenters. The molecule has 0 aliphatic rings. The van der Waals surface area contributed by atoms with E-state index < -0.39 is 0 Å². The van der Waals surface area contributed by atoms with Gasteiger partial charge >= 0.3 is 0 Å². The Morgan fingerprint density at radius 1 is 1.03 bits per heavy atom. The van der Waals surface area contributed by atoms with Crippen LogP contribution in [-0.2, 0) is 4.79 Å². The Kier molecular flexibility index (Phi) is 7.61.